The lowest BCUT2D eigenvalue weighted by Gasteiger charge is -2.19. The van der Waals surface area contributed by atoms with Crippen molar-refractivity contribution in [3.8, 4) is 0 Å². The Balaban J connectivity index is 2.64. The van der Waals surface area contributed by atoms with Crippen molar-refractivity contribution in [2.75, 3.05) is 11.9 Å². The molecule has 0 aliphatic rings. The lowest BCUT2D eigenvalue weighted by Crippen LogP contribution is -2.21. The first-order valence-corrected chi connectivity index (χ1v) is 5.72. The zero-order valence-electron chi connectivity index (χ0n) is 10.7. The summed E-state index contributed by atoms with van der Waals surface area (Å²) < 4.78 is 0. The smallest absolute Gasteiger partial charge is 0.0405 e. The van der Waals surface area contributed by atoms with E-state index in [1.54, 1.807) is 0 Å². The molecule has 0 saturated carbocycles. The van der Waals surface area contributed by atoms with Gasteiger partial charge in [-0.05, 0) is 24.6 Å². The van der Waals surface area contributed by atoms with E-state index in [4.69, 9.17) is 0 Å². The Hall–Kier alpha value is -1.28. The Labute approximate surface area is 99.0 Å². The molecule has 0 amide bonds. The van der Waals surface area contributed by atoms with Gasteiger partial charge in [-0.3, -0.25) is 0 Å². The van der Waals surface area contributed by atoms with Crippen molar-refractivity contribution in [2.45, 2.75) is 33.4 Å². The fourth-order valence-electron chi connectivity index (χ4n) is 1.38. The Morgan fingerprint density at radius 2 is 1.88 bits per heavy atom. The van der Waals surface area contributed by atoms with Gasteiger partial charge in [0.25, 0.3) is 0 Å². The maximum Gasteiger partial charge on any atom is 0.0405 e. The molecule has 0 bridgehead atoms. The molecule has 88 valence electrons. The summed E-state index contributed by atoms with van der Waals surface area (Å²) in [6.45, 7) is 11.2. The van der Waals surface area contributed by atoms with Gasteiger partial charge in [0.15, 0.2) is 0 Å². The van der Waals surface area contributed by atoms with Gasteiger partial charge in [-0.25, -0.2) is 0 Å². The van der Waals surface area contributed by atoms with E-state index >= 15 is 0 Å². The molecule has 0 atom stereocenters. The summed E-state index contributed by atoms with van der Waals surface area (Å²) in [6.07, 6.45) is 0. The third-order valence-corrected chi connectivity index (χ3v) is 2.61. The average Bonchev–Trinajstić information content (AvgIpc) is 2.26. The van der Waals surface area contributed by atoms with Crippen LogP contribution in [0.5, 0.6) is 0 Å². The molecule has 1 aromatic carbocycles. The number of allylic oxidation sites excluding steroid dienone is 1. The normalized spacial score (nSPS) is 10.6. The molecule has 1 N–H and O–H groups in total. The summed E-state index contributed by atoms with van der Waals surface area (Å²) in [4.78, 5) is 2.08. The monoisotopic (exact) mass is 218 g/mol. The molecule has 1 rings (SSSR count). The van der Waals surface area contributed by atoms with Gasteiger partial charge in [0.05, 0.1) is 0 Å². The van der Waals surface area contributed by atoms with Gasteiger partial charge in [-0.1, -0.05) is 32.6 Å². The molecule has 0 aromatic heterocycles. The molecular formula is C14H22N2. The summed E-state index contributed by atoms with van der Waals surface area (Å²) in [7, 11) is 2.03. The van der Waals surface area contributed by atoms with Crippen molar-refractivity contribution in [2.24, 2.45) is 0 Å². The van der Waals surface area contributed by atoms with Crippen LogP contribution >= 0.6 is 0 Å². The molecule has 2 heteroatoms. The van der Waals surface area contributed by atoms with Gasteiger partial charge in [0.1, 0.15) is 0 Å². The predicted molar refractivity (Wildman–Crippen MR) is 71.6 cm³/mol. The van der Waals surface area contributed by atoms with Gasteiger partial charge in [-0.2, -0.15) is 0 Å². The van der Waals surface area contributed by atoms with Gasteiger partial charge >= 0.3 is 0 Å². The van der Waals surface area contributed by atoms with Gasteiger partial charge < -0.3 is 10.2 Å². The van der Waals surface area contributed by atoms with E-state index in [0.717, 1.165) is 12.2 Å². The highest BCUT2D eigenvalue weighted by atomic mass is 15.1. The maximum absolute atomic E-state index is 3.93. The first kappa shape index (κ1) is 12.8. The van der Waals surface area contributed by atoms with Crippen LogP contribution in [0.1, 0.15) is 26.3 Å². The van der Waals surface area contributed by atoms with Crippen LogP contribution in [0.4, 0.5) is 5.69 Å². The van der Waals surface area contributed by atoms with Crippen molar-refractivity contribution < 1.29 is 0 Å². The minimum atomic E-state index is 0.526. The molecular weight excluding hydrogens is 196 g/mol. The lowest BCUT2D eigenvalue weighted by molar-refractivity contribution is 0.589. The van der Waals surface area contributed by atoms with Gasteiger partial charge in [0.2, 0.25) is 0 Å². The van der Waals surface area contributed by atoms with E-state index in [2.05, 4.69) is 54.9 Å². The Bertz CT molecular complexity index is 338. The number of anilines is 1. The first-order valence-electron chi connectivity index (χ1n) is 5.72. The number of nitrogens with one attached hydrogen (secondary N) is 1. The number of hydrogen-bond donors (Lipinski definition) is 1. The maximum atomic E-state index is 3.93. The second-order valence-corrected chi connectivity index (χ2v) is 4.50. The van der Waals surface area contributed by atoms with E-state index < -0.39 is 0 Å². The fraction of sp³-hybridized carbons (Fsp3) is 0.429. The molecule has 16 heavy (non-hydrogen) atoms. The third-order valence-electron chi connectivity index (χ3n) is 2.61. The van der Waals surface area contributed by atoms with E-state index in [-0.39, 0.29) is 0 Å². The van der Waals surface area contributed by atoms with E-state index in [9.17, 15) is 0 Å². The second-order valence-electron chi connectivity index (χ2n) is 4.50. The summed E-state index contributed by atoms with van der Waals surface area (Å²) in [5.74, 6) is 0. The van der Waals surface area contributed by atoms with Crippen LogP contribution in [0.3, 0.4) is 0 Å². The van der Waals surface area contributed by atoms with Crippen LogP contribution in [-0.2, 0) is 6.54 Å². The molecule has 0 aliphatic carbocycles. The second kappa shape index (κ2) is 5.71. The number of rotatable bonds is 5. The van der Waals surface area contributed by atoms with Crippen molar-refractivity contribution in [1.82, 2.24) is 5.32 Å². The number of benzene rings is 1. The zero-order valence-corrected chi connectivity index (χ0v) is 10.7. The molecule has 0 saturated heterocycles. The fourth-order valence-corrected chi connectivity index (χ4v) is 1.38. The summed E-state index contributed by atoms with van der Waals surface area (Å²) >= 11 is 0. The highest BCUT2D eigenvalue weighted by Crippen LogP contribution is 2.16. The zero-order chi connectivity index (χ0) is 12.1. The van der Waals surface area contributed by atoms with Crippen LogP contribution in [-0.4, -0.2) is 13.1 Å². The average molecular weight is 218 g/mol. The van der Waals surface area contributed by atoms with Crippen LogP contribution < -0.4 is 10.2 Å². The minimum Gasteiger partial charge on any atom is -0.349 e. The van der Waals surface area contributed by atoms with Gasteiger partial charge in [-0.15, -0.1) is 0 Å². The van der Waals surface area contributed by atoms with Crippen molar-refractivity contribution in [3.05, 3.63) is 42.1 Å². The largest absolute Gasteiger partial charge is 0.349 e. The Kier molecular flexibility index (Phi) is 4.56. The summed E-state index contributed by atoms with van der Waals surface area (Å²) in [5.41, 5.74) is 3.54. The third kappa shape index (κ3) is 3.70. The SMILES string of the molecule is C=C(C)N(C)c1ccc(CNC(C)C)cc1. The molecule has 0 spiro atoms. The first-order chi connectivity index (χ1) is 7.50. The molecule has 0 radical (unpaired) electrons. The van der Waals surface area contributed by atoms with E-state index in [1.807, 2.05) is 14.0 Å². The van der Waals surface area contributed by atoms with Crippen molar-refractivity contribution in [1.29, 1.82) is 0 Å². The molecule has 0 heterocycles. The highest BCUT2D eigenvalue weighted by molar-refractivity contribution is 5.51. The van der Waals surface area contributed by atoms with E-state index in [0.29, 0.717) is 6.04 Å². The predicted octanol–water partition coefficient (Wildman–Crippen LogP) is 3.15. The molecule has 0 unspecified atom stereocenters. The Morgan fingerprint density at radius 3 is 2.31 bits per heavy atom. The van der Waals surface area contributed by atoms with Gasteiger partial charge in [0, 0.05) is 31.0 Å². The van der Waals surface area contributed by atoms with E-state index in [1.165, 1.54) is 11.3 Å². The summed E-state index contributed by atoms with van der Waals surface area (Å²) in [5, 5.41) is 3.40. The van der Waals surface area contributed by atoms with Crippen LogP contribution in [0.15, 0.2) is 36.5 Å². The van der Waals surface area contributed by atoms with Crippen LogP contribution in [0.2, 0.25) is 0 Å². The Morgan fingerprint density at radius 1 is 1.31 bits per heavy atom. The number of nitrogens with zero attached hydrogens (tertiary/aromatic N) is 1. The quantitative estimate of drug-likeness (QED) is 0.816. The van der Waals surface area contributed by atoms with Crippen molar-refractivity contribution in [3.63, 3.8) is 0 Å². The highest BCUT2D eigenvalue weighted by Gasteiger charge is 2.01. The molecule has 0 aliphatic heterocycles. The molecule has 1 aromatic rings. The minimum absolute atomic E-state index is 0.526. The lowest BCUT2D eigenvalue weighted by atomic mass is 10.2. The topological polar surface area (TPSA) is 15.3 Å². The standard InChI is InChI=1S/C14H22N2/c1-11(2)15-10-13-6-8-14(9-7-13)16(5)12(3)4/h6-9,11,15H,3,10H2,1-2,4-5H3. The molecule has 0 fully saturated rings. The van der Waals surface area contributed by atoms with Crippen LogP contribution in [0.25, 0.3) is 0 Å². The molecule has 2 nitrogen and oxygen atoms in total. The summed E-state index contributed by atoms with van der Waals surface area (Å²) in [6, 6.07) is 9.10. The number of hydrogen-bond acceptors (Lipinski definition) is 2. The van der Waals surface area contributed by atoms with Crippen molar-refractivity contribution >= 4 is 5.69 Å². The van der Waals surface area contributed by atoms with Crippen LogP contribution in [0, 0.1) is 0 Å².